The fourth-order valence-corrected chi connectivity index (χ4v) is 3.03. The highest BCUT2D eigenvalue weighted by molar-refractivity contribution is 5.94. The Labute approximate surface area is 119 Å². The van der Waals surface area contributed by atoms with Gasteiger partial charge in [0.15, 0.2) is 0 Å². The van der Waals surface area contributed by atoms with Gasteiger partial charge in [-0.3, -0.25) is 9.48 Å². The summed E-state index contributed by atoms with van der Waals surface area (Å²) in [6.45, 7) is 4.97. The Hall–Kier alpha value is -1.07. The maximum Gasteiger partial charge on any atom is 0.228 e. The van der Waals surface area contributed by atoms with Gasteiger partial charge in [0.25, 0.3) is 0 Å². The van der Waals surface area contributed by atoms with Gasteiger partial charge in [0.1, 0.15) is 0 Å². The van der Waals surface area contributed by atoms with Gasteiger partial charge >= 0.3 is 0 Å². The summed E-state index contributed by atoms with van der Waals surface area (Å²) in [5.41, 5.74) is 1.12. The summed E-state index contributed by atoms with van der Waals surface area (Å²) in [7, 11) is 0. The van der Waals surface area contributed by atoms with Gasteiger partial charge in [-0.15, -0.1) is 12.4 Å². The molecule has 1 aliphatic heterocycles. The summed E-state index contributed by atoms with van der Waals surface area (Å²) in [4.78, 5) is 12.2. The van der Waals surface area contributed by atoms with E-state index in [0.717, 1.165) is 44.6 Å². The molecule has 3 rings (SSSR count). The Morgan fingerprint density at radius 2 is 2.32 bits per heavy atom. The lowest BCUT2D eigenvalue weighted by Crippen LogP contribution is -2.31. The number of carbonyl (C=O) groups excluding carboxylic acids is 1. The molecule has 1 aromatic rings. The number of halogens is 1. The first kappa shape index (κ1) is 14.3. The minimum atomic E-state index is 0. The lowest BCUT2D eigenvalue weighted by atomic mass is 9.92. The van der Waals surface area contributed by atoms with Crippen LogP contribution in [0.25, 0.3) is 0 Å². The van der Waals surface area contributed by atoms with Crippen molar-refractivity contribution in [1.82, 2.24) is 15.1 Å². The van der Waals surface area contributed by atoms with Crippen LogP contribution in [-0.2, 0) is 11.3 Å². The summed E-state index contributed by atoms with van der Waals surface area (Å²) in [5.74, 6) is 0.386. The van der Waals surface area contributed by atoms with Crippen molar-refractivity contribution < 1.29 is 4.79 Å². The average molecular weight is 285 g/mol. The number of aryl methyl sites for hydroxylation is 1. The summed E-state index contributed by atoms with van der Waals surface area (Å²) in [5, 5.41) is 10.5. The Kier molecular flexibility index (Phi) is 4.16. The first-order valence-corrected chi connectivity index (χ1v) is 6.77. The van der Waals surface area contributed by atoms with Crippen LogP contribution in [-0.4, -0.2) is 28.8 Å². The molecule has 1 aromatic heterocycles. The molecule has 1 saturated carbocycles. The standard InChI is InChI=1S/C13H20N4O.ClH/c1-2-17-9-10(8-15-17)16-12(18)11-7-13(11)3-5-14-6-4-13;/h8-9,11,14H,2-7H2,1H3,(H,16,18);1H. The number of rotatable bonds is 3. The number of anilines is 1. The minimum absolute atomic E-state index is 0. The molecule has 1 saturated heterocycles. The Balaban J connectivity index is 0.00000133. The fourth-order valence-electron chi connectivity index (χ4n) is 3.03. The molecule has 19 heavy (non-hydrogen) atoms. The molecule has 2 fully saturated rings. The SMILES string of the molecule is CCn1cc(NC(=O)C2CC23CCNCC3)cn1.Cl. The van der Waals surface area contributed by atoms with E-state index in [2.05, 4.69) is 15.7 Å². The lowest BCUT2D eigenvalue weighted by molar-refractivity contribution is -0.118. The molecule has 1 aliphatic carbocycles. The molecule has 0 bridgehead atoms. The van der Waals surface area contributed by atoms with E-state index in [1.165, 1.54) is 0 Å². The van der Waals surface area contributed by atoms with Gasteiger partial charge < -0.3 is 10.6 Å². The molecule has 2 N–H and O–H groups in total. The van der Waals surface area contributed by atoms with Crippen LogP contribution < -0.4 is 10.6 Å². The van der Waals surface area contributed by atoms with Crippen molar-refractivity contribution in [1.29, 1.82) is 0 Å². The topological polar surface area (TPSA) is 59.0 Å². The van der Waals surface area contributed by atoms with E-state index in [9.17, 15) is 4.79 Å². The highest BCUT2D eigenvalue weighted by Gasteiger charge is 2.57. The van der Waals surface area contributed by atoms with Crippen molar-refractivity contribution in [3.8, 4) is 0 Å². The highest BCUT2D eigenvalue weighted by atomic mass is 35.5. The monoisotopic (exact) mass is 284 g/mol. The molecule has 1 unspecified atom stereocenters. The van der Waals surface area contributed by atoms with Crippen LogP contribution in [0.1, 0.15) is 26.2 Å². The van der Waals surface area contributed by atoms with Crippen molar-refractivity contribution in [2.45, 2.75) is 32.7 Å². The van der Waals surface area contributed by atoms with Gasteiger partial charge in [-0.05, 0) is 44.7 Å². The van der Waals surface area contributed by atoms with Crippen molar-refractivity contribution in [3.63, 3.8) is 0 Å². The van der Waals surface area contributed by atoms with Crippen LogP contribution in [0.3, 0.4) is 0 Å². The van der Waals surface area contributed by atoms with Gasteiger partial charge in [0.2, 0.25) is 5.91 Å². The van der Waals surface area contributed by atoms with Gasteiger partial charge in [0, 0.05) is 18.7 Å². The number of nitrogens with one attached hydrogen (secondary N) is 2. The van der Waals surface area contributed by atoms with Crippen LogP contribution in [0, 0.1) is 11.3 Å². The zero-order chi connectivity index (χ0) is 12.6. The molecule has 106 valence electrons. The van der Waals surface area contributed by atoms with Crippen LogP contribution in [0.2, 0.25) is 0 Å². The second-order valence-electron chi connectivity index (χ2n) is 5.44. The van der Waals surface area contributed by atoms with Gasteiger partial charge in [-0.2, -0.15) is 5.10 Å². The van der Waals surface area contributed by atoms with E-state index in [-0.39, 0.29) is 24.2 Å². The Morgan fingerprint density at radius 3 is 2.95 bits per heavy atom. The predicted octanol–water partition coefficient (Wildman–Crippen LogP) is 1.65. The maximum absolute atomic E-state index is 12.2. The normalized spacial score (nSPS) is 23.7. The third kappa shape index (κ3) is 2.77. The van der Waals surface area contributed by atoms with E-state index in [1.54, 1.807) is 6.20 Å². The van der Waals surface area contributed by atoms with Crippen LogP contribution >= 0.6 is 12.4 Å². The molecular weight excluding hydrogens is 264 g/mol. The third-order valence-corrected chi connectivity index (χ3v) is 4.33. The minimum Gasteiger partial charge on any atom is -0.323 e. The smallest absolute Gasteiger partial charge is 0.228 e. The molecule has 0 aromatic carbocycles. The van der Waals surface area contributed by atoms with E-state index in [1.807, 2.05) is 17.8 Å². The van der Waals surface area contributed by atoms with Crippen molar-refractivity contribution in [2.75, 3.05) is 18.4 Å². The summed E-state index contributed by atoms with van der Waals surface area (Å²) in [6, 6.07) is 0. The van der Waals surface area contributed by atoms with Crippen LogP contribution in [0.15, 0.2) is 12.4 Å². The molecule has 2 heterocycles. The molecule has 5 nitrogen and oxygen atoms in total. The summed E-state index contributed by atoms with van der Waals surface area (Å²) >= 11 is 0. The van der Waals surface area contributed by atoms with Crippen molar-refractivity contribution in [3.05, 3.63) is 12.4 Å². The number of hydrogen-bond acceptors (Lipinski definition) is 3. The van der Waals surface area contributed by atoms with Crippen molar-refractivity contribution >= 4 is 24.0 Å². The molecule has 1 atom stereocenters. The van der Waals surface area contributed by atoms with E-state index >= 15 is 0 Å². The first-order valence-electron chi connectivity index (χ1n) is 6.77. The highest BCUT2D eigenvalue weighted by Crippen LogP contribution is 2.58. The number of carbonyl (C=O) groups is 1. The van der Waals surface area contributed by atoms with Gasteiger partial charge in [-0.25, -0.2) is 0 Å². The number of piperidine rings is 1. The second-order valence-corrected chi connectivity index (χ2v) is 5.44. The van der Waals surface area contributed by atoms with E-state index in [4.69, 9.17) is 0 Å². The predicted molar refractivity (Wildman–Crippen MR) is 76.4 cm³/mol. The average Bonchev–Trinajstić information content (AvgIpc) is 2.88. The van der Waals surface area contributed by atoms with Gasteiger partial charge in [-0.1, -0.05) is 0 Å². The Morgan fingerprint density at radius 1 is 1.58 bits per heavy atom. The molecular formula is C13H21ClN4O. The molecule has 2 aliphatic rings. The Bertz CT molecular complexity index is 453. The quantitative estimate of drug-likeness (QED) is 0.887. The first-order chi connectivity index (χ1) is 8.73. The van der Waals surface area contributed by atoms with Crippen LogP contribution in [0.4, 0.5) is 5.69 Å². The zero-order valence-electron chi connectivity index (χ0n) is 11.2. The van der Waals surface area contributed by atoms with Gasteiger partial charge in [0.05, 0.1) is 11.9 Å². The number of nitrogens with zero attached hydrogens (tertiary/aromatic N) is 2. The summed E-state index contributed by atoms with van der Waals surface area (Å²) < 4.78 is 1.82. The second kappa shape index (κ2) is 5.51. The van der Waals surface area contributed by atoms with Crippen molar-refractivity contribution in [2.24, 2.45) is 11.3 Å². The molecule has 1 spiro atoms. The molecule has 1 amide bonds. The number of hydrogen-bond donors (Lipinski definition) is 2. The largest absolute Gasteiger partial charge is 0.323 e. The number of amides is 1. The van der Waals surface area contributed by atoms with Crippen LogP contribution in [0.5, 0.6) is 0 Å². The molecule has 6 heteroatoms. The van der Waals surface area contributed by atoms with E-state index in [0.29, 0.717) is 5.41 Å². The number of aromatic nitrogens is 2. The third-order valence-electron chi connectivity index (χ3n) is 4.33. The lowest BCUT2D eigenvalue weighted by Gasteiger charge is -2.23. The summed E-state index contributed by atoms with van der Waals surface area (Å²) in [6.07, 6.45) is 6.94. The maximum atomic E-state index is 12.2. The molecule has 0 radical (unpaired) electrons. The van der Waals surface area contributed by atoms with E-state index < -0.39 is 0 Å². The fraction of sp³-hybridized carbons (Fsp3) is 0.692. The zero-order valence-corrected chi connectivity index (χ0v) is 12.0.